The summed E-state index contributed by atoms with van der Waals surface area (Å²) in [7, 11) is 0. The number of para-hydroxylation sites is 2. The highest BCUT2D eigenvalue weighted by molar-refractivity contribution is 7.99. The number of carbonyl (C=O) groups is 1. The van der Waals surface area contributed by atoms with Gasteiger partial charge in [-0.25, -0.2) is 0 Å². The van der Waals surface area contributed by atoms with Gasteiger partial charge in [0.1, 0.15) is 0 Å². The third kappa shape index (κ3) is 5.02. The lowest BCUT2D eigenvalue weighted by molar-refractivity contribution is -0.135. The highest BCUT2D eigenvalue weighted by atomic mass is 32.2. The van der Waals surface area contributed by atoms with Crippen LogP contribution in [0.25, 0.3) is 16.8 Å². The number of fused-ring (bicyclic) bond motifs is 3. The minimum absolute atomic E-state index is 0.281. The molecule has 0 unspecified atom stereocenters. The van der Waals surface area contributed by atoms with Gasteiger partial charge in [0, 0.05) is 12.1 Å². The SMILES string of the molecule is Cc1ccc(Cn2c3ccccc3n3c(SCC(=O)N(C4CCCCC4)C4CCCCC4)nnc23)cc1. The van der Waals surface area contributed by atoms with E-state index in [0.717, 1.165) is 54.2 Å². The maximum absolute atomic E-state index is 13.8. The third-order valence-corrected chi connectivity index (χ3v) is 9.20. The summed E-state index contributed by atoms with van der Waals surface area (Å²) in [6, 6.07) is 17.9. The molecule has 37 heavy (non-hydrogen) atoms. The number of hydrogen-bond donors (Lipinski definition) is 0. The van der Waals surface area contributed by atoms with Crippen molar-refractivity contribution in [1.29, 1.82) is 0 Å². The lowest BCUT2D eigenvalue weighted by Crippen LogP contribution is -2.49. The summed E-state index contributed by atoms with van der Waals surface area (Å²) in [5, 5.41) is 9.97. The Morgan fingerprint density at radius 3 is 2.14 bits per heavy atom. The number of rotatable bonds is 7. The molecule has 0 saturated heterocycles. The van der Waals surface area contributed by atoms with E-state index in [2.05, 4.69) is 79.5 Å². The van der Waals surface area contributed by atoms with E-state index in [1.165, 1.54) is 49.7 Å². The highest BCUT2D eigenvalue weighted by Gasteiger charge is 2.32. The van der Waals surface area contributed by atoms with Gasteiger partial charge in [0.2, 0.25) is 11.7 Å². The largest absolute Gasteiger partial charge is 0.336 e. The quantitative estimate of drug-likeness (QED) is 0.259. The first-order valence-electron chi connectivity index (χ1n) is 14.0. The third-order valence-electron chi connectivity index (χ3n) is 8.28. The van der Waals surface area contributed by atoms with Crippen LogP contribution >= 0.6 is 11.8 Å². The van der Waals surface area contributed by atoms with Crippen LogP contribution in [0.1, 0.15) is 75.3 Å². The molecule has 7 heteroatoms. The van der Waals surface area contributed by atoms with Crippen molar-refractivity contribution in [2.24, 2.45) is 0 Å². The Morgan fingerprint density at radius 1 is 0.865 bits per heavy atom. The fourth-order valence-corrected chi connectivity index (χ4v) is 7.20. The molecule has 6 nitrogen and oxygen atoms in total. The van der Waals surface area contributed by atoms with Crippen molar-refractivity contribution in [1.82, 2.24) is 24.1 Å². The smallest absolute Gasteiger partial charge is 0.237 e. The van der Waals surface area contributed by atoms with Crippen molar-refractivity contribution < 1.29 is 4.79 Å². The lowest BCUT2D eigenvalue weighted by atomic mass is 9.88. The number of amides is 1. The van der Waals surface area contributed by atoms with Gasteiger partial charge in [-0.3, -0.25) is 9.20 Å². The number of aromatic nitrogens is 4. The fourth-order valence-electron chi connectivity index (χ4n) is 6.39. The van der Waals surface area contributed by atoms with Gasteiger partial charge in [-0.15, -0.1) is 10.2 Å². The van der Waals surface area contributed by atoms with Crippen LogP contribution < -0.4 is 0 Å². The molecule has 194 valence electrons. The van der Waals surface area contributed by atoms with Crippen molar-refractivity contribution >= 4 is 34.5 Å². The Labute approximate surface area is 223 Å². The summed E-state index contributed by atoms with van der Waals surface area (Å²) in [5.74, 6) is 1.53. The first kappa shape index (κ1) is 24.5. The topological polar surface area (TPSA) is 55.4 Å². The standard InChI is InChI=1S/C30H37N5OS/c1-22-16-18-23(19-17-22)20-33-26-14-8-9-15-27(26)35-29(33)31-32-30(35)37-21-28(36)34(24-10-4-2-5-11-24)25-12-6-3-7-13-25/h8-9,14-19,24-25H,2-7,10-13,20-21H2,1H3. The number of thioether (sulfide) groups is 1. The molecule has 2 fully saturated rings. The molecule has 0 radical (unpaired) electrons. The summed E-state index contributed by atoms with van der Waals surface area (Å²) in [5.41, 5.74) is 4.71. The molecule has 4 aromatic rings. The zero-order chi connectivity index (χ0) is 25.2. The van der Waals surface area contributed by atoms with Gasteiger partial charge < -0.3 is 9.47 Å². The Morgan fingerprint density at radius 2 is 1.49 bits per heavy atom. The molecular weight excluding hydrogens is 478 g/mol. The first-order valence-corrected chi connectivity index (χ1v) is 15.0. The summed E-state index contributed by atoms with van der Waals surface area (Å²) in [6.45, 7) is 2.84. The Balaban J connectivity index is 1.27. The molecule has 0 N–H and O–H groups in total. The minimum atomic E-state index is 0.281. The van der Waals surface area contributed by atoms with E-state index >= 15 is 0 Å². The predicted molar refractivity (Wildman–Crippen MR) is 150 cm³/mol. The number of carbonyl (C=O) groups excluding carboxylic acids is 1. The molecule has 0 atom stereocenters. The zero-order valence-corrected chi connectivity index (χ0v) is 22.6. The van der Waals surface area contributed by atoms with Crippen LogP contribution in [0.3, 0.4) is 0 Å². The molecule has 0 aliphatic heterocycles. The Bertz CT molecular complexity index is 1340. The van der Waals surface area contributed by atoms with Crippen molar-refractivity contribution in [3.05, 3.63) is 59.7 Å². The van der Waals surface area contributed by atoms with Crippen LogP contribution in [0.4, 0.5) is 0 Å². The van der Waals surface area contributed by atoms with E-state index in [1.54, 1.807) is 11.8 Å². The van der Waals surface area contributed by atoms with E-state index in [0.29, 0.717) is 17.8 Å². The molecular formula is C30H37N5OS. The monoisotopic (exact) mass is 515 g/mol. The Kier molecular flexibility index (Phi) is 7.23. The fraction of sp³-hybridized carbons (Fsp3) is 0.500. The van der Waals surface area contributed by atoms with Crippen LogP contribution in [0.15, 0.2) is 53.7 Å². The Hall–Kier alpha value is -2.80. The van der Waals surface area contributed by atoms with Crippen LogP contribution in [0.2, 0.25) is 0 Å². The van der Waals surface area contributed by atoms with Gasteiger partial charge in [0.15, 0.2) is 5.16 Å². The molecule has 2 aromatic carbocycles. The zero-order valence-electron chi connectivity index (χ0n) is 21.8. The number of benzene rings is 2. The van der Waals surface area contributed by atoms with E-state index in [-0.39, 0.29) is 5.91 Å². The average molecular weight is 516 g/mol. The van der Waals surface area contributed by atoms with Crippen LogP contribution in [-0.4, -0.2) is 47.8 Å². The molecule has 1 amide bonds. The molecule has 0 bridgehead atoms. The second-order valence-corrected chi connectivity index (χ2v) is 11.8. The van der Waals surface area contributed by atoms with Crippen molar-refractivity contribution in [3.63, 3.8) is 0 Å². The van der Waals surface area contributed by atoms with Crippen molar-refractivity contribution in [2.45, 2.75) is 94.9 Å². The van der Waals surface area contributed by atoms with Gasteiger partial charge in [-0.1, -0.05) is 92.2 Å². The first-order chi connectivity index (χ1) is 18.2. The van der Waals surface area contributed by atoms with Crippen molar-refractivity contribution in [3.8, 4) is 0 Å². The van der Waals surface area contributed by atoms with E-state index in [9.17, 15) is 4.79 Å². The average Bonchev–Trinajstić information content (AvgIpc) is 3.49. The summed E-state index contributed by atoms with van der Waals surface area (Å²) >= 11 is 1.54. The van der Waals surface area contributed by atoms with E-state index < -0.39 is 0 Å². The van der Waals surface area contributed by atoms with Gasteiger partial charge in [0.05, 0.1) is 23.3 Å². The van der Waals surface area contributed by atoms with E-state index in [1.807, 2.05) is 0 Å². The molecule has 6 rings (SSSR count). The number of nitrogens with zero attached hydrogens (tertiary/aromatic N) is 5. The van der Waals surface area contributed by atoms with Gasteiger partial charge >= 0.3 is 0 Å². The lowest BCUT2D eigenvalue weighted by Gasteiger charge is -2.41. The summed E-state index contributed by atoms with van der Waals surface area (Å²) < 4.78 is 4.36. The van der Waals surface area contributed by atoms with Gasteiger partial charge in [-0.05, 0) is 50.3 Å². The summed E-state index contributed by atoms with van der Waals surface area (Å²) in [4.78, 5) is 16.1. The maximum Gasteiger partial charge on any atom is 0.237 e. The molecule has 2 aliphatic carbocycles. The molecule has 2 saturated carbocycles. The highest BCUT2D eigenvalue weighted by Crippen LogP contribution is 2.32. The molecule has 2 heterocycles. The maximum atomic E-state index is 13.8. The van der Waals surface area contributed by atoms with Crippen LogP contribution in [-0.2, 0) is 11.3 Å². The number of imidazole rings is 1. The minimum Gasteiger partial charge on any atom is -0.336 e. The number of hydrogen-bond acceptors (Lipinski definition) is 4. The van der Waals surface area contributed by atoms with Gasteiger partial charge in [0.25, 0.3) is 0 Å². The van der Waals surface area contributed by atoms with Crippen LogP contribution in [0, 0.1) is 6.92 Å². The van der Waals surface area contributed by atoms with Gasteiger partial charge in [-0.2, -0.15) is 0 Å². The molecule has 2 aliphatic rings. The predicted octanol–water partition coefficient (Wildman–Crippen LogP) is 6.63. The summed E-state index contributed by atoms with van der Waals surface area (Å²) in [6.07, 6.45) is 12.3. The van der Waals surface area contributed by atoms with E-state index in [4.69, 9.17) is 0 Å². The normalized spacial score (nSPS) is 17.5. The second kappa shape index (κ2) is 10.9. The second-order valence-electron chi connectivity index (χ2n) is 10.9. The number of aryl methyl sites for hydroxylation is 1. The van der Waals surface area contributed by atoms with Crippen molar-refractivity contribution in [2.75, 3.05) is 5.75 Å². The van der Waals surface area contributed by atoms with Crippen LogP contribution in [0.5, 0.6) is 0 Å². The molecule has 0 spiro atoms. The molecule has 2 aromatic heterocycles.